The van der Waals surface area contributed by atoms with Crippen molar-refractivity contribution >= 4 is 5.97 Å². The summed E-state index contributed by atoms with van der Waals surface area (Å²) in [6, 6.07) is -0.331. The number of carbonyl (C=O) groups is 1. The highest BCUT2D eigenvalue weighted by Crippen LogP contribution is 2.11. The molecule has 4 heteroatoms. The van der Waals surface area contributed by atoms with Crippen LogP contribution in [-0.2, 0) is 9.53 Å². The van der Waals surface area contributed by atoms with Crippen molar-refractivity contribution in [1.82, 2.24) is 5.32 Å². The predicted octanol–water partition coefficient (Wildman–Crippen LogP) is 1.08. The first-order valence-electron chi connectivity index (χ1n) is 5.58. The summed E-state index contributed by atoms with van der Waals surface area (Å²) in [5.74, 6) is -0.242. The molecule has 2 unspecified atom stereocenters. The van der Waals surface area contributed by atoms with Gasteiger partial charge in [0.05, 0.1) is 13.2 Å². The van der Waals surface area contributed by atoms with Crippen molar-refractivity contribution in [3.8, 4) is 0 Å². The summed E-state index contributed by atoms with van der Waals surface area (Å²) in [6.07, 6.45) is 1.42. The number of aliphatic hydroxyl groups excluding tert-OH is 1. The van der Waals surface area contributed by atoms with Gasteiger partial charge in [-0.05, 0) is 26.7 Å². The Bertz CT molecular complexity index is 190. The Balaban J connectivity index is 4.36. The first-order chi connectivity index (χ1) is 7.02. The monoisotopic (exact) mass is 217 g/mol. The molecule has 0 aliphatic carbocycles. The van der Waals surface area contributed by atoms with Gasteiger partial charge in [-0.25, -0.2) is 0 Å². The lowest BCUT2D eigenvalue weighted by atomic mass is 9.98. The third-order valence-corrected chi connectivity index (χ3v) is 2.63. The molecule has 0 aromatic rings. The van der Waals surface area contributed by atoms with Crippen LogP contribution in [0.3, 0.4) is 0 Å². The van der Waals surface area contributed by atoms with Gasteiger partial charge in [0, 0.05) is 5.54 Å². The Kier molecular flexibility index (Phi) is 6.52. The summed E-state index contributed by atoms with van der Waals surface area (Å²) in [5, 5.41) is 12.4. The molecule has 0 bridgehead atoms. The van der Waals surface area contributed by atoms with Gasteiger partial charge in [0.1, 0.15) is 6.04 Å². The number of ether oxygens (including phenoxy) is 1. The third-order valence-electron chi connectivity index (χ3n) is 2.63. The first-order valence-corrected chi connectivity index (χ1v) is 5.58. The molecule has 15 heavy (non-hydrogen) atoms. The summed E-state index contributed by atoms with van der Waals surface area (Å²) >= 11 is 0. The lowest BCUT2D eigenvalue weighted by Crippen LogP contribution is -2.53. The standard InChI is InChI=1S/C11H23NO3/c1-5-9(10(14)15-7-3)12-11(4,6-2)8-13/h9,12-13H,5-8H2,1-4H3. The normalized spacial score (nSPS) is 16.9. The third kappa shape index (κ3) is 4.62. The highest BCUT2D eigenvalue weighted by Gasteiger charge is 2.28. The van der Waals surface area contributed by atoms with Crippen molar-refractivity contribution in [2.75, 3.05) is 13.2 Å². The summed E-state index contributed by atoms with van der Waals surface area (Å²) < 4.78 is 4.95. The van der Waals surface area contributed by atoms with Gasteiger partial charge >= 0.3 is 5.97 Å². The lowest BCUT2D eigenvalue weighted by molar-refractivity contribution is -0.146. The number of hydrogen-bond acceptors (Lipinski definition) is 4. The van der Waals surface area contributed by atoms with E-state index >= 15 is 0 Å². The van der Waals surface area contributed by atoms with Crippen LogP contribution in [0.1, 0.15) is 40.5 Å². The molecule has 0 fully saturated rings. The van der Waals surface area contributed by atoms with E-state index in [0.717, 1.165) is 6.42 Å². The second-order valence-electron chi connectivity index (χ2n) is 3.93. The second-order valence-corrected chi connectivity index (χ2v) is 3.93. The van der Waals surface area contributed by atoms with E-state index in [2.05, 4.69) is 5.32 Å². The highest BCUT2D eigenvalue weighted by atomic mass is 16.5. The summed E-state index contributed by atoms with van der Waals surface area (Å²) in [6.45, 7) is 7.98. The molecule has 0 saturated heterocycles. The molecule has 2 atom stereocenters. The van der Waals surface area contributed by atoms with E-state index in [-0.39, 0.29) is 18.6 Å². The Hall–Kier alpha value is -0.610. The van der Waals surface area contributed by atoms with E-state index in [1.165, 1.54) is 0 Å². The first kappa shape index (κ1) is 14.4. The molecule has 90 valence electrons. The maximum atomic E-state index is 11.5. The fourth-order valence-corrected chi connectivity index (χ4v) is 1.25. The zero-order chi connectivity index (χ0) is 11.9. The van der Waals surface area contributed by atoms with Crippen LogP contribution in [0.25, 0.3) is 0 Å². The van der Waals surface area contributed by atoms with Gasteiger partial charge in [0.2, 0.25) is 0 Å². The van der Waals surface area contributed by atoms with Crippen molar-refractivity contribution in [2.24, 2.45) is 0 Å². The van der Waals surface area contributed by atoms with Crippen LogP contribution in [0.5, 0.6) is 0 Å². The SMILES string of the molecule is CCOC(=O)C(CC)NC(C)(CC)CO. The van der Waals surface area contributed by atoms with E-state index in [1.54, 1.807) is 6.92 Å². The summed E-state index contributed by atoms with van der Waals surface area (Å²) in [5.41, 5.74) is -0.409. The average Bonchev–Trinajstić information content (AvgIpc) is 2.26. The van der Waals surface area contributed by atoms with Crippen LogP contribution in [0.15, 0.2) is 0 Å². The number of aliphatic hydroxyl groups is 1. The van der Waals surface area contributed by atoms with Crippen LogP contribution < -0.4 is 5.32 Å². The Morgan fingerprint density at radius 1 is 1.47 bits per heavy atom. The van der Waals surface area contributed by atoms with Crippen molar-refractivity contribution < 1.29 is 14.6 Å². The van der Waals surface area contributed by atoms with Gasteiger partial charge in [-0.15, -0.1) is 0 Å². The maximum absolute atomic E-state index is 11.5. The van der Waals surface area contributed by atoms with Crippen molar-refractivity contribution in [3.05, 3.63) is 0 Å². The minimum absolute atomic E-state index is 0.0133. The molecule has 2 N–H and O–H groups in total. The van der Waals surface area contributed by atoms with E-state index < -0.39 is 5.54 Å². The second kappa shape index (κ2) is 6.80. The van der Waals surface area contributed by atoms with Gasteiger partial charge in [-0.1, -0.05) is 13.8 Å². The molecule has 0 aromatic heterocycles. The minimum atomic E-state index is -0.409. The number of rotatable bonds is 7. The predicted molar refractivity (Wildman–Crippen MR) is 59.6 cm³/mol. The number of carbonyl (C=O) groups excluding carboxylic acids is 1. The molecular formula is C11H23NO3. The van der Waals surface area contributed by atoms with E-state index in [1.807, 2.05) is 20.8 Å². The molecule has 0 aromatic carbocycles. The van der Waals surface area contributed by atoms with Gasteiger partial charge in [-0.2, -0.15) is 0 Å². The van der Waals surface area contributed by atoms with Gasteiger partial charge in [0.25, 0.3) is 0 Å². The minimum Gasteiger partial charge on any atom is -0.465 e. The molecule has 0 amide bonds. The molecule has 0 radical (unpaired) electrons. The van der Waals surface area contributed by atoms with E-state index in [0.29, 0.717) is 13.0 Å². The molecule has 0 rings (SSSR count). The molecule has 0 aliphatic rings. The molecule has 0 aliphatic heterocycles. The quantitative estimate of drug-likeness (QED) is 0.626. The molecule has 0 saturated carbocycles. The van der Waals surface area contributed by atoms with Gasteiger partial charge < -0.3 is 9.84 Å². The molecule has 4 nitrogen and oxygen atoms in total. The van der Waals surface area contributed by atoms with Gasteiger partial charge in [-0.3, -0.25) is 10.1 Å². The van der Waals surface area contributed by atoms with E-state index in [4.69, 9.17) is 4.74 Å². The fraction of sp³-hybridized carbons (Fsp3) is 0.909. The summed E-state index contributed by atoms with van der Waals surface area (Å²) in [4.78, 5) is 11.5. The number of esters is 1. The summed E-state index contributed by atoms with van der Waals surface area (Å²) in [7, 11) is 0. The smallest absolute Gasteiger partial charge is 0.323 e. The molecule has 0 heterocycles. The zero-order valence-corrected chi connectivity index (χ0v) is 10.2. The van der Waals surface area contributed by atoms with E-state index in [9.17, 15) is 9.90 Å². The van der Waals surface area contributed by atoms with Crippen LogP contribution in [-0.4, -0.2) is 35.9 Å². The molecular weight excluding hydrogens is 194 g/mol. The van der Waals surface area contributed by atoms with Gasteiger partial charge in [0.15, 0.2) is 0 Å². The van der Waals surface area contributed by atoms with Crippen LogP contribution in [0, 0.1) is 0 Å². The van der Waals surface area contributed by atoms with Crippen LogP contribution in [0.2, 0.25) is 0 Å². The Morgan fingerprint density at radius 2 is 2.07 bits per heavy atom. The number of hydrogen-bond donors (Lipinski definition) is 2. The fourth-order valence-electron chi connectivity index (χ4n) is 1.25. The van der Waals surface area contributed by atoms with Crippen LogP contribution >= 0.6 is 0 Å². The highest BCUT2D eigenvalue weighted by molar-refractivity contribution is 5.75. The van der Waals surface area contributed by atoms with Crippen molar-refractivity contribution in [2.45, 2.75) is 52.1 Å². The molecule has 0 spiro atoms. The Morgan fingerprint density at radius 3 is 2.40 bits per heavy atom. The zero-order valence-electron chi connectivity index (χ0n) is 10.2. The lowest BCUT2D eigenvalue weighted by Gasteiger charge is -2.31. The Labute approximate surface area is 92.0 Å². The average molecular weight is 217 g/mol. The number of nitrogens with one attached hydrogen (secondary N) is 1. The topological polar surface area (TPSA) is 58.6 Å². The maximum Gasteiger partial charge on any atom is 0.323 e. The van der Waals surface area contributed by atoms with Crippen molar-refractivity contribution in [1.29, 1.82) is 0 Å². The van der Waals surface area contributed by atoms with Crippen molar-refractivity contribution in [3.63, 3.8) is 0 Å². The van der Waals surface area contributed by atoms with Crippen LogP contribution in [0.4, 0.5) is 0 Å². The largest absolute Gasteiger partial charge is 0.465 e.